The summed E-state index contributed by atoms with van der Waals surface area (Å²) in [6.45, 7) is 6.97. The normalized spacial score (nSPS) is 14.7. The molecule has 0 saturated carbocycles. The van der Waals surface area contributed by atoms with Gasteiger partial charge in [0.25, 0.3) is 10.0 Å². The van der Waals surface area contributed by atoms with Crippen molar-refractivity contribution in [3.63, 3.8) is 0 Å². The van der Waals surface area contributed by atoms with Crippen molar-refractivity contribution in [2.75, 3.05) is 17.8 Å². The van der Waals surface area contributed by atoms with Crippen LogP contribution in [0.5, 0.6) is 0 Å². The Labute approximate surface area is 194 Å². The molecule has 1 aromatic heterocycles. The number of rotatable bonds is 5. The summed E-state index contributed by atoms with van der Waals surface area (Å²) in [7, 11) is -3.85. The smallest absolute Gasteiger partial charge is 0.316 e. The van der Waals surface area contributed by atoms with Crippen LogP contribution in [0.25, 0.3) is 11.4 Å². The van der Waals surface area contributed by atoms with Crippen molar-refractivity contribution in [2.24, 2.45) is 0 Å². The Morgan fingerprint density at radius 1 is 0.939 bits per heavy atom. The number of amides is 1. The Kier molecular flexibility index (Phi) is 6.51. The number of nitrogens with one attached hydrogen (secondary N) is 1. The van der Waals surface area contributed by atoms with Crippen LogP contribution < -0.4 is 4.72 Å². The molecule has 33 heavy (non-hydrogen) atoms. The van der Waals surface area contributed by atoms with Gasteiger partial charge in [0.15, 0.2) is 0 Å². The van der Waals surface area contributed by atoms with Gasteiger partial charge in [-0.05, 0) is 68.5 Å². The van der Waals surface area contributed by atoms with Crippen LogP contribution >= 0.6 is 0 Å². The Morgan fingerprint density at radius 2 is 1.64 bits per heavy atom. The molecule has 0 aliphatic carbocycles. The largest absolute Gasteiger partial charge is 0.334 e. The van der Waals surface area contributed by atoms with Gasteiger partial charge in [-0.25, -0.2) is 8.42 Å². The third kappa shape index (κ3) is 5.08. The van der Waals surface area contributed by atoms with Gasteiger partial charge in [0.1, 0.15) is 0 Å². The number of aryl methyl sites for hydroxylation is 3. The van der Waals surface area contributed by atoms with E-state index in [2.05, 4.69) is 14.9 Å². The molecule has 0 unspecified atom stereocenters. The zero-order chi connectivity index (χ0) is 23.6. The molecule has 9 heteroatoms. The third-order valence-corrected chi connectivity index (χ3v) is 7.52. The van der Waals surface area contributed by atoms with Crippen molar-refractivity contribution in [1.29, 1.82) is 0 Å². The van der Waals surface area contributed by atoms with Gasteiger partial charge in [-0.2, -0.15) is 4.98 Å². The highest BCUT2D eigenvalue weighted by Crippen LogP contribution is 2.26. The fourth-order valence-electron chi connectivity index (χ4n) is 3.88. The molecule has 0 spiro atoms. The van der Waals surface area contributed by atoms with E-state index in [9.17, 15) is 13.2 Å². The molecule has 8 nitrogen and oxygen atoms in total. The number of sulfonamides is 1. The Morgan fingerprint density at radius 3 is 2.33 bits per heavy atom. The molecule has 1 amide bonds. The van der Waals surface area contributed by atoms with Crippen LogP contribution in [0.15, 0.2) is 45.8 Å². The van der Waals surface area contributed by atoms with E-state index in [1.54, 1.807) is 36.1 Å². The summed E-state index contributed by atoms with van der Waals surface area (Å²) in [5.74, 6) is -0.187. The molecule has 1 aliphatic rings. The minimum Gasteiger partial charge on any atom is -0.334 e. The van der Waals surface area contributed by atoms with Crippen molar-refractivity contribution >= 4 is 21.6 Å². The maximum Gasteiger partial charge on any atom is 0.316 e. The Balaban J connectivity index is 1.59. The van der Waals surface area contributed by atoms with Gasteiger partial charge in [-0.15, -0.1) is 0 Å². The molecule has 174 valence electrons. The highest BCUT2D eigenvalue weighted by molar-refractivity contribution is 7.92. The number of hydrogen-bond donors (Lipinski definition) is 1. The van der Waals surface area contributed by atoms with E-state index in [1.165, 1.54) is 6.07 Å². The van der Waals surface area contributed by atoms with Crippen LogP contribution in [-0.4, -0.2) is 42.5 Å². The summed E-state index contributed by atoms with van der Waals surface area (Å²) in [6, 6.07) is 10.3. The Hall–Kier alpha value is -3.20. The molecule has 1 N–H and O–H groups in total. The minimum atomic E-state index is -3.85. The fourth-order valence-corrected chi connectivity index (χ4v) is 5.20. The highest BCUT2D eigenvalue weighted by atomic mass is 32.2. The standard InChI is InChI=1S/C24H28N4O4S/c1-16-9-11-20(14-18(16)3)27-33(30,31)21-15-19(10-8-17(21)2)22-25-23(32-26-22)24(29)28-12-6-4-5-7-13-28/h8-11,14-15,27H,4-7,12-13H2,1-3H3. The fraction of sp³-hybridized carbons (Fsp3) is 0.375. The third-order valence-electron chi connectivity index (χ3n) is 6.00. The average molecular weight is 469 g/mol. The van der Waals surface area contributed by atoms with E-state index in [0.717, 1.165) is 36.8 Å². The van der Waals surface area contributed by atoms with Gasteiger partial charge < -0.3 is 9.42 Å². The average Bonchev–Trinajstić information content (AvgIpc) is 3.11. The molecule has 2 heterocycles. The second-order valence-corrected chi connectivity index (χ2v) is 10.2. The van der Waals surface area contributed by atoms with Crippen LogP contribution in [0.2, 0.25) is 0 Å². The topological polar surface area (TPSA) is 105 Å². The summed E-state index contributed by atoms with van der Waals surface area (Å²) in [5.41, 5.74) is 3.61. The monoisotopic (exact) mass is 468 g/mol. The second-order valence-electron chi connectivity index (χ2n) is 8.51. The molecule has 2 aromatic carbocycles. The molecular weight excluding hydrogens is 440 g/mol. The van der Waals surface area contributed by atoms with E-state index < -0.39 is 10.0 Å². The molecule has 0 bridgehead atoms. The number of anilines is 1. The Bertz CT molecular complexity index is 1280. The predicted octanol–water partition coefficient (Wildman–Crippen LogP) is 4.48. The van der Waals surface area contributed by atoms with Gasteiger partial charge in [0.05, 0.1) is 4.90 Å². The lowest BCUT2D eigenvalue weighted by molar-refractivity contribution is 0.0711. The van der Waals surface area contributed by atoms with E-state index in [0.29, 0.717) is 29.9 Å². The summed E-state index contributed by atoms with van der Waals surface area (Å²) in [6.07, 6.45) is 4.13. The number of benzene rings is 2. The number of likely N-dealkylation sites (tertiary alicyclic amines) is 1. The number of hydrogen-bond acceptors (Lipinski definition) is 6. The maximum absolute atomic E-state index is 13.1. The van der Waals surface area contributed by atoms with Gasteiger partial charge >= 0.3 is 11.8 Å². The molecule has 1 saturated heterocycles. The summed E-state index contributed by atoms with van der Waals surface area (Å²) < 4.78 is 34.1. The zero-order valence-electron chi connectivity index (χ0n) is 19.1. The molecule has 4 rings (SSSR count). The first kappa shape index (κ1) is 23.0. The van der Waals surface area contributed by atoms with Gasteiger partial charge in [0, 0.05) is 24.3 Å². The van der Waals surface area contributed by atoms with Crippen molar-refractivity contribution in [2.45, 2.75) is 51.3 Å². The second kappa shape index (κ2) is 9.35. The van der Waals surface area contributed by atoms with E-state index in [1.807, 2.05) is 19.9 Å². The van der Waals surface area contributed by atoms with Crippen LogP contribution in [0, 0.1) is 20.8 Å². The first-order valence-electron chi connectivity index (χ1n) is 11.1. The van der Waals surface area contributed by atoms with Crippen molar-refractivity contribution in [3.8, 4) is 11.4 Å². The molecule has 3 aromatic rings. The first-order valence-corrected chi connectivity index (χ1v) is 12.6. The molecule has 0 radical (unpaired) electrons. The van der Waals surface area contributed by atoms with Gasteiger partial charge in [-0.3, -0.25) is 9.52 Å². The lowest BCUT2D eigenvalue weighted by atomic mass is 10.1. The van der Waals surface area contributed by atoms with Crippen molar-refractivity contribution in [1.82, 2.24) is 15.0 Å². The molecule has 1 aliphatic heterocycles. The van der Waals surface area contributed by atoms with E-state index >= 15 is 0 Å². The SMILES string of the molecule is Cc1ccc(NS(=O)(=O)c2cc(-c3noc(C(=O)N4CCCCCC4)n3)ccc2C)cc1C. The van der Waals surface area contributed by atoms with Gasteiger partial charge in [-0.1, -0.05) is 36.2 Å². The van der Waals surface area contributed by atoms with Crippen LogP contribution in [-0.2, 0) is 10.0 Å². The molecular formula is C24H28N4O4S. The lowest BCUT2D eigenvalue weighted by Gasteiger charge is -2.17. The number of aromatic nitrogens is 2. The number of carbonyl (C=O) groups excluding carboxylic acids is 1. The predicted molar refractivity (Wildman–Crippen MR) is 126 cm³/mol. The van der Waals surface area contributed by atoms with E-state index in [4.69, 9.17) is 4.52 Å². The first-order chi connectivity index (χ1) is 15.7. The number of nitrogens with zero attached hydrogens (tertiary/aromatic N) is 3. The maximum atomic E-state index is 13.1. The minimum absolute atomic E-state index is 0.0786. The van der Waals surface area contributed by atoms with Crippen molar-refractivity contribution in [3.05, 3.63) is 59.0 Å². The lowest BCUT2D eigenvalue weighted by Crippen LogP contribution is -2.32. The van der Waals surface area contributed by atoms with E-state index in [-0.39, 0.29) is 22.5 Å². The zero-order valence-corrected chi connectivity index (χ0v) is 19.9. The van der Waals surface area contributed by atoms with Crippen molar-refractivity contribution < 1.29 is 17.7 Å². The van der Waals surface area contributed by atoms with Crippen LogP contribution in [0.4, 0.5) is 5.69 Å². The number of carbonyl (C=O) groups is 1. The molecule has 0 atom stereocenters. The van der Waals surface area contributed by atoms with Crippen LogP contribution in [0.3, 0.4) is 0 Å². The summed E-state index contributed by atoms with van der Waals surface area (Å²) in [5, 5.41) is 3.94. The van der Waals surface area contributed by atoms with Crippen LogP contribution in [0.1, 0.15) is 53.1 Å². The summed E-state index contributed by atoms with van der Waals surface area (Å²) in [4.78, 5) is 18.9. The van der Waals surface area contributed by atoms with Gasteiger partial charge in [0.2, 0.25) is 5.82 Å². The molecule has 1 fully saturated rings. The summed E-state index contributed by atoms with van der Waals surface area (Å²) >= 11 is 0. The quantitative estimate of drug-likeness (QED) is 0.592. The highest BCUT2D eigenvalue weighted by Gasteiger charge is 2.24.